The molecule has 0 saturated heterocycles. The van der Waals surface area contributed by atoms with Crippen LogP contribution in [0.15, 0.2) is 55.0 Å². The molecule has 0 bridgehead atoms. The van der Waals surface area contributed by atoms with Crippen molar-refractivity contribution in [3.05, 3.63) is 77.4 Å². The summed E-state index contributed by atoms with van der Waals surface area (Å²) in [5.74, 6) is 0. The van der Waals surface area contributed by atoms with Gasteiger partial charge < -0.3 is 10.4 Å². The summed E-state index contributed by atoms with van der Waals surface area (Å²) in [5.41, 5.74) is 4.46. The predicted molar refractivity (Wildman–Crippen MR) is 98.6 cm³/mol. The van der Waals surface area contributed by atoms with Gasteiger partial charge in [0.25, 0.3) is 0 Å². The minimum atomic E-state index is -0.589. The van der Waals surface area contributed by atoms with Gasteiger partial charge in [0.1, 0.15) is 0 Å². The Morgan fingerprint density at radius 3 is 2.54 bits per heavy atom. The van der Waals surface area contributed by atoms with Crippen LogP contribution in [0.1, 0.15) is 41.5 Å². The molecular formula is C20H21N5O. The standard InChI is InChI=1S/C20H21N5O/c1-14(23-13-20(26)17-7-9-22-10-8-17)19-12-24-25(15(19)2)18-5-3-16(11-21)4-6-18/h3-10,12,14,20,23,26H,13H2,1-2H3/t14-,20-/m0/s1. The van der Waals surface area contributed by atoms with E-state index in [1.165, 1.54) is 0 Å². The molecule has 0 fully saturated rings. The molecule has 0 aliphatic carbocycles. The predicted octanol–water partition coefficient (Wildman–Crippen LogP) is 2.83. The van der Waals surface area contributed by atoms with Crippen LogP contribution in [0.4, 0.5) is 0 Å². The molecule has 132 valence electrons. The van der Waals surface area contributed by atoms with Gasteiger partial charge in [0.05, 0.1) is 29.6 Å². The maximum absolute atomic E-state index is 10.3. The lowest BCUT2D eigenvalue weighted by molar-refractivity contribution is 0.170. The zero-order valence-corrected chi connectivity index (χ0v) is 14.8. The molecule has 3 rings (SSSR count). The Bertz CT molecular complexity index is 896. The van der Waals surface area contributed by atoms with E-state index in [2.05, 4.69) is 21.5 Å². The topological polar surface area (TPSA) is 86.8 Å². The summed E-state index contributed by atoms with van der Waals surface area (Å²) in [7, 11) is 0. The van der Waals surface area contributed by atoms with E-state index in [-0.39, 0.29) is 6.04 Å². The number of rotatable bonds is 6. The number of nitrogens with one attached hydrogen (secondary N) is 1. The minimum Gasteiger partial charge on any atom is -0.387 e. The van der Waals surface area contributed by atoms with E-state index in [4.69, 9.17) is 5.26 Å². The Labute approximate surface area is 152 Å². The first kappa shape index (κ1) is 17.8. The molecular weight excluding hydrogens is 326 g/mol. The first-order valence-electron chi connectivity index (χ1n) is 8.46. The molecule has 26 heavy (non-hydrogen) atoms. The van der Waals surface area contributed by atoms with Crippen molar-refractivity contribution in [3.63, 3.8) is 0 Å². The lowest BCUT2D eigenvalue weighted by Gasteiger charge is -2.17. The number of nitrogens with zero attached hydrogens (tertiary/aromatic N) is 4. The number of aliphatic hydroxyl groups excluding tert-OH is 1. The first-order chi connectivity index (χ1) is 12.6. The van der Waals surface area contributed by atoms with Crippen molar-refractivity contribution in [2.45, 2.75) is 26.0 Å². The average molecular weight is 347 g/mol. The molecule has 0 amide bonds. The first-order valence-corrected chi connectivity index (χ1v) is 8.46. The Morgan fingerprint density at radius 1 is 1.19 bits per heavy atom. The molecule has 0 aliphatic rings. The summed E-state index contributed by atoms with van der Waals surface area (Å²) >= 11 is 0. The Hall–Kier alpha value is -3.01. The summed E-state index contributed by atoms with van der Waals surface area (Å²) in [5, 5.41) is 27.0. The van der Waals surface area contributed by atoms with Gasteiger partial charge in [0.15, 0.2) is 0 Å². The lowest BCUT2D eigenvalue weighted by Crippen LogP contribution is -2.25. The molecule has 2 N–H and O–H groups in total. The van der Waals surface area contributed by atoms with Crippen LogP contribution in [0.2, 0.25) is 0 Å². The van der Waals surface area contributed by atoms with Crippen molar-refractivity contribution in [1.29, 1.82) is 5.26 Å². The summed E-state index contributed by atoms with van der Waals surface area (Å²) in [6, 6.07) is 13.1. The van der Waals surface area contributed by atoms with Gasteiger partial charge >= 0.3 is 0 Å². The molecule has 0 saturated carbocycles. The molecule has 2 atom stereocenters. The fraction of sp³-hybridized carbons (Fsp3) is 0.250. The number of hydrogen-bond donors (Lipinski definition) is 2. The van der Waals surface area contributed by atoms with Crippen LogP contribution in [-0.4, -0.2) is 26.4 Å². The van der Waals surface area contributed by atoms with Gasteiger partial charge in [-0.3, -0.25) is 4.98 Å². The van der Waals surface area contributed by atoms with E-state index >= 15 is 0 Å². The lowest BCUT2D eigenvalue weighted by atomic mass is 10.1. The van der Waals surface area contributed by atoms with Crippen molar-refractivity contribution >= 4 is 0 Å². The van der Waals surface area contributed by atoms with Crippen molar-refractivity contribution in [1.82, 2.24) is 20.1 Å². The van der Waals surface area contributed by atoms with E-state index in [1.807, 2.05) is 49.0 Å². The molecule has 3 aromatic rings. The second kappa shape index (κ2) is 7.91. The Balaban J connectivity index is 1.69. The number of benzene rings is 1. The molecule has 1 aromatic carbocycles. The fourth-order valence-corrected chi connectivity index (χ4v) is 2.89. The fourth-order valence-electron chi connectivity index (χ4n) is 2.89. The highest BCUT2D eigenvalue weighted by molar-refractivity contribution is 5.41. The number of hydrogen-bond acceptors (Lipinski definition) is 5. The summed E-state index contributed by atoms with van der Waals surface area (Å²) in [6.07, 6.45) is 4.60. The van der Waals surface area contributed by atoms with Gasteiger partial charge in [-0.15, -0.1) is 0 Å². The highest BCUT2D eigenvalue weighted by Crippen LogP contribution is 2.21. The maximum Gasteiger partial charge on any atom is 0.0991 e. The molecule has 6 nitrogen and oxygen atoms in total. The van der Waals surface area contributed by atoms with Gasteiger partial charge in [-0.1, -0.05) is 0 Å². The maximum atomic E-state index is 10.3. The molecule has 0 unspecified atom stereocenters. The van der Waals surface area contributed by atoms with Gasteiger partial charge in [0.2, 0.25) is 0 Å². The van der Waals surface area contributed by atoms with E-state index in [9.17, 15) is 5.11 Å². The number of aromatic nitrogens is 3. The molecule has 2 aromatic heterocycles. The van der Waals surface area contributed by atoms with Crippen molar-refractivity contribution in [2.75, 3.05) is 6.54 Å². The van der Waals surface area contributed by atoms with Gasteiger partial charge in [-0.2, -0.15) is 10.4 Å². The highest BCUT2D eigenvalue weighted by atomic mass is 16.3. The third-order valence-electron chi connectivity index (χ3n) is 4.46. The molecule has 6 heteroatoms. The van der Waals surface area contributed by atoms with Crippen molar-refractivity contribution in [2.24, 2.45) is 0 Å². The van der Waals surface area contributed by atoms with E-state index in [1.54, 1.807) is 24.5 Å². The second-order valence-electron chi connectivity index (χ2n) is 6.18. The van der Waals surface area contributed by atoms with Gasteiger partial charge in [0, 0.05) is 36.2 Å². The van der Waals surface area contributed by atoms with E-state index < -0.39 is 6.10 Å². The second-order valence-corrected chi connectivity index (χ2v) is 6.18. The quantitative estimate of drug-likeness (QED) is 0.716. The molecule has 0 aliphatic heterocycles. The monoisotopic (exact) mass is 347 g/mol. The van der Waals surface area contributed by atoms with Gasteiger partial charge in [-0.25, -0.2) is 4.68 Å². The smallest absolute Gasteiger partial charge is 0.0991 e. The largest absolute Gasteiger partial charge is 0.387 e. The Morgan fingerprint density at radius 2 is 1.88 bits per heavy atom. The van der Waals surface area contributed by atoms with Gasteiger partial charge in [-0.05, 0) is 55.8 Å². The minimum absolute atomic E-state index is 0.0404. The third kappa shape index (κ3) is 3.80. The highest BCUT2D eigenvalue weighted by Gasteiger charge is 2.16. The van der Waals surface area contributed by atoms with Crippen molar-refractivity contribution in [3.8, 4) is 11.8 Å². The van der Waals surface area contributed by atoms with Crippen LogP contribution in [0.25, 0.3) is 5.69 Å². The molecule has 0 spiro atoms. The van der Waals surface area contributed by atoms with Crippen LogP contribution in [-0.2, 0) is 0 Å². The number of pyridine rings is 1. The SMILES string of the molecule is Cc1c([C@H](C)NC[C@H](O)c2ccncc2)cnn1-c1ccc(C#N)cc1. The zero-order valence-electron chi connectivity index (χ0n) is 14.8. The molecule has 0 radical (unpaired) electrons. The summed E-state index contributed by atoms with van der Waals surface area (Å²) in [6.45, 7) is 4.50. The van der Waals surface area contributed by atoms with Crippen LogP contribution < -0.4 is 5.32 Å². The number of nitriles is 1. The number of aliphatic hydroxyl groups is 1. The normalized spacial score (nSPS) is 13.2. The van der Waals surface area contributed by atoms with Crippen molar-refractivity contribution < 1.29 is 5.11 Å². The van der Waals surface area contributed by atoms with Crippen LogP contribution >= 0.6 is 0 Å². The zero-order chi connectivity index (χ0) is 18.5. The third-order valence-corrected chi connectivity index (χ3v) is 4.46. The average Bonchev–Trinajstić information content (AvgIpc) is 3.08. The summed E-state index contributed by atoms with van der Waals surface area (Å²) in [4.78, 5) is 3.96. The van der Waals surface area contributed by atoms with Crippen LogP contribution in [0.5, 0.6) is 0 Å². The summed E-state index contributed by atoms with van der Waals surface area (Å²) < 4.78 is 1.86. The Kier molecular flexibility index (Phi) is 5.42. The van der Waals surface area contributed by atoms with Crippen LogP contribution in [0, 0.1) is 18.3 Å². The molecule has 2 heterocycles. The van der Waals surface area contributed by atoms with E-state index in [0.29, 0.717) is 12.1 Å². The van der Waals surface area contributed by atoms with Crippen LogP contribution in [0.3, 0.4) is 0 Å². The van der Waals surface area contributed by atoms with E-state index in [0.717, 1.165) is 22.5 Å².